The smallest absolute Gasteiger partial charge is 0.246 e. The van der Waals surface area contributed by atoms with Crippen molar-refractivity contribution in [1.29, 1.82) is 0 Å². The van der Waals surface area contributed by atoms with Gasteiger partial charge in [0.2, 0.25) is 11.8 Å². The number of fused-ring (bicyclic) bond motifs is 1. The van der Waals surface area contributed by atoms with Gasteiger partial charge in [0.15, 0.2) is 0 Å². The zero-order chi connectivity index (χ0) is 25.7. The van der Waals surface area contributed by atoms with Crippen LogP contribution in [0.25, 0.3) is 10.9 Å². The van der Waals surface area contributed by atoms with Gasteiger partial charge in [-0.3, -0.25) is 9.59 Å². The fourth-order valence-electron chi connectivity index (χ4n) is 6.21. The zero-order valence-corrected chi connectivity index (χ0v) is 22.0. The largest absolute Gasteiger partial charge is 0.361 e. The first-order valence-corrected chi connectivity index (χ1v) is 14.0. The molecule has 0 bridgehead atoms. The number of piperazine rings is 1. The van der Waals surface area contributed by atoms with Crippen LogP contribution in [0, 0.1) is 0 Å². The van der Waals surface area contributed by atoms with Crippen molar-refractivity contribution in [2.45, 2.75) is 69.9 Å². The van der Waals surface area contributed by atoms with E-state index in [-0.39, 0.29) is 11.8 Å². The first-order valence-electron chi connectivity index (χ1n) is 14.0. The summed E-state index contributed by atoms with van der Waals surface area (Å²) in [5.74, 6) is 0.106. The molecule has 0 saturated carbocycles. The summed E-state index contributed by atoms with van der Waals surface area (Å²) in [4.78, 5) is 35.0. The van der Waals surface area contributed by atoms with E-state index in [2.05, 4.69) is 58.5 Å². The van der Waals surface area contributed by atoms with E-state index in [1.165, 1.54) is 24.8 Å². The quantitative estimate of drug-likeness (QED) is 0.397. The van der Waals surface area contributed by atoms with Gasteiger partial charge in [0.05, 0.1) is 0 Å². The predicted molar refractivity (Wildman–Crippen MR) is 148 cm³/mol. The van der Waals surface area contributed by atoms with Crippen LogP contribution in [-0.2, 0) is 22.4 Å². The molecule has 5 rings (SSSR count). The minimum atomic E-state index is -0.701. The molecule has 3 heterocycles. The summed E-state index contributed by atoms with van der Waals surface area (Å²) in [6, 6.07) is 18.3. The van der Waals surface area contributed by atoms with Crippen LogP contribution in [0.2, 0.25) is 0 Å². The number of unbranched alkanes of at least 4 members (excludes halogenated alkanes) is 2. The molecule has 3 aromatic rings. The standard InChI is InChI=1S/C31H40N4O2/c1-2-18-35-29(36)28(22-25-23-32-27-15-9-8-14-26(25)27)33-30(37)31(35)16-20-34(21-17-31)19-10-4-7-13-24-11-5-3-6-12-24/h3,5-6,8-9,11-12,14-15,23,28,32H,2,4,7,10,13,16-22H2,1H3,(H,33,37). The molecule has 2 aromatic carbocycles. The molecule has 2 N–H and O–H groups in total. The molecule has 2 aliphatic rings. The maximum Gasteiger partial charge on any atom is 0.246 e. The van der Waals surface area contributed by atoms with Crippen molar-refractivity contribution < 1.29 is 9.59 Å². The van der Waals surface area contributed by atoms with Gasteiger partial charge >= 0.3 is 0 Å². The maximum absolute atomic E-state index is 13.7. The second kappa shape index (κ2) is 11.5. The van der Waals surface area contributed by atoms with Crippen LogP contribution >= 0.6 is 0 Å². The third-order valence-electron chi connectivity index (χ3n) is 8.32. The Bertz CT molecular complexity index is 1200. The first kappa shape index (κ1) is 25.5. The van der Waals surface area contributed by atoms with Crippen molar-refractivity contribution in [3.63, 3.8) is 0 Å². The molecule has 6 nitrogen and oxygen atoms in total. The number of carbonyl (C=O) groups excluding carboxylic acids is 2. The molecular weight excluding hydrogens is 460 g/mol. The monoisotopic (exact) mass is 500 g/mol. The number of likely N-dealkylation sites (tertiary alicyclic amines) is 1. The molecule has 196 valence electrons. The third kappa shape index (κ3) is 5.45. The molecule has 0 radical (unpaired) electrons. The summed E-state index contributed by atoms with van der Waals surface area (Å²) >= 11 is 0. The highest BCUT2D eigenvalue weighted by Crippen LogP contribution is 2.34. The van der Waals surface area contributed by atoms with Gasteiger partial charge in [-0.05, 0) is 62.3 Å². The molecule has 0 aliphatic carbocycles. The van der Waals surface area contributed by atoms with E-state index in [4.69, 9.17) is 0 Å². The Kier molecular flexibility index (Phi) is 7.94. The van der Waals surface area contributed by atoms with Crippen molar-refractivity contribution >= 4 is 22.7 Å². The second-order valence-electron chi connectivity index (χ2n) is 10.7. The topological polar surface area (TPSA) is 68.4 Å². The molecule has 1 aromatic heterocycles. The van der Waals surface area contributed by atoms with Gasteiger partial charge in [0, 0.05) is 43.2 Å². The van der Waals surface area contributed by atoms with Crippen LogP contribution in [0.5, 0.6) is 0 Å². The Hall–Kier alpha value is -3.12. The number of piperidine rings is 1. The summed E-state index contributed by atoms with van der Waals surface area (Å²) in [6.07, 6.45) is 9.51. The number of rotatable bonds is 10. The molecule has 2 aliphatic heterocycles. The van der Waals surface area contributed by atoms with Gasteiger partial charge in [-0.1, -0.05) is 61.9 Å². The van der Waals surface area contributed by atoms with E-state index < -0.39 is 11.6 Å². The Morgan fingerprint density at radius 2 is 1.68 bits per heavy atom. The van der Waals surface area contributed by atoms with Crippen LogP contribution < -0.4 is 5.32 Å². The molecule has 1 unspecified atom stereocenters. The summed E-state index contributed by atoms with van der Waals surface area (Å²) in [6.45, 7) is 5.53. The van der Waals surface area contributed by atoms with Gasteiger partial charge in [-0.15, -0.1) is 0 Å². The van der Waals surface area contributed by atoms with E-state index in [0.29, 0.717) is 25.8 Å². The number of aromatic nitrogens is 1. The van der Waals surface area contributed by atoms with Crippen LogP contribution in [0.1, 0.15) is 56.6 Å². The lowest BCUT2D eigenvalue weighted by molar-refractivity contribution is -0.161. The number of hydrogen-bond donors (Lipinski definition) is 2. The molecule has 2 fully saturated rings. The molecule has 37 heavy (non-hydrogen) atoms. The van der Waals surface area contributed by atoms with Gasteiger partial charge in [0.1, 0.15) is 11.6 Å². The summed E-state index contributed by atoms with van der Waals surface area (Å²) in [5.41, 5.74) is 2.84. The number of nitrogens with one attached hydrogen (secondary N) is 2. The first-order chi connectivity index (χ1) is 18.1. The highest BCUT2D eigenvalue weighted by atomic mass is 16.2. The van der Waals surface area contributed by atoms with Crippen molar-refractivity contribution in [3.05, 3.63) is 71.9 Å². The Balaban J connectivity index is 1.17. The lowest BCUT2D eigenvalue weighted by Crippen LogP contribution is -2.73. The number of aromatic amines is 1. The van der Waals surface area contributed by atoms with Gasteiger partial charge in [-0.2, -0.15) is 0 Å². The Labute approximate surface area is 220 Å². The normalized spacial score (nSPS) is 20.0. The van der Waals surface area contributed by atoms with E-state index in [1.54, 1.807) is 0 Å². The minimum absolute atomic E-state index is 0.0351. The predicted octanol–water partition coefficient (Wildman–Crippen LogP) is 4.70. The number of H-pyrrole nitrogens is 1. The Morgan fingerprint density at radius 3 is 2.46 bits per heavy atom. The zero-order valence-electron chi connectivity index (χ0n) is 22.0. The number of amides is 2. The van der Waals surface area contributed by atoms with E-state index >= 15 is 0 Å². The molecule has 2 amide bonds. The van der Waals surface area contributed by atoms with Crippen molar-refractivity contribution in [1.82, 2.24) is 20.1 Å². The minimum Gasteiger partial charge on any atom is -0.361 e. The van der Waals surface area contributed by atoms with Gasteiger partial charge in [0.25, 0.3) is 0 Å². The number of para-hydroxylation sites is 1. The van der Waals surface area contributed by atoms with Crippen molar-refractivity contribution in [2.75, 3.05) is 26.2 Å². The third-order valence-corrected chi connectivity index (χ3v) is 8.32. The van der Waals surface area contributed by atoms with Crippen LogP contribution in [-0.4, -0.2) is 64.4 Å². The fourth-order valence-corrected chi connectivity index (χ4v) is 6.21. The number of carbonyl (C=O) groups is 2. The lowest BCUT2D eigenvalue weighted by atomic mass is 9.81. The van der Waals surface area contributed by atoms with Crippen LogP contribution in [0.3, 0.4) is 0 Å². The van der Waals surface area contributed by atoms with Crippen LogP contribution in [0.4, 0.5) is 0 Å². The van der Waals surface area contributed by atoms with E-state index in [9.17, 15) is 9.59 Å². The molecular formula is C31H40N4O2. The van der Waals surface area contributed by atoms with Gasteiger partial charge < -0.3 is 20.1 Å². The molecule has 1 atom stereocenters. The fraction of sp³-hybridized carbons (Fsp3) is 0.484. The number of nitrogens with zero attached hydrogens (tertiary/aromatic N) is 2. The molecule has 6 heteroatoms. The van der Waals surface area contributed by atoms with Crippen molar-refractivity contribution in [3.8, 4) is 0 Å². The SMILES string of the molecule is CCCN1C(=O)C(Cc2c[nH]c3ccccc23)NC(=O)C12CCN(CCCCCc1ccccc1)CC2. The van der Waals surface area contributed by atoms with E-state index in [1.807, 2.05) is 29.3 Å². The average Bonchev–Trinajstić information content (AvgIpc) is 3.34. The highest BCUT2D eigenvalue weighted by molar-refractivity contribution is 6.00. The maximum atomic E-state index is 13.7. The van der Waals surface area contributed by atoms with E-state index in [0.717, 1.165) is 48.9 Å². The average molecular weight is 501 g/mol. The lowest BCUT2D eigenvalue weighted by Gasteiger charge is -2.51. The highest BCUT2D eigenvalue weighted by Gasteiger charge is 2.53. The van der Waals surface area contributed by atoms with Gasteiger partial charge in [-0.25, -0.2) is 0 Å². The number of hydrogen-bond acceptors (Lipinski definition) is 3. The molecule has 1 spiro atoms. The number of aryl methyl sites for hydroxylation is 1. The number of benzene rings is 2. The van der Waals surface area contributed by atoms with Crippen LogP contribution in [0.15, 0.2) is 60.8 Å². The summed E-state index contributed by atoms with van der Waals surface area (Å²) in [7, 11) is 0. The summed E-state index contributed by atoms with van der Waals surface area (Å²) < 4.78 is 0. The second-order valence-corrected chi connectivity index (χ2v) is 10.7. The molecule has 2 saturated heterocycles. The Morgan fingerprint density at radius 1 is 0.919 bits per heavy atom. The van der Waals surface area contributed by atoms with Crippen molar-refractivity contribution in [2.24, 2.45) is 0 Å². The summed E-state index contributed by atoms with van der Waals surface area (Å²) in [5, 5.41) is 4.26.